The monoisotopic (exact) mass is 291 g/mol. The van der Waals surface area contributed by atoms with Gasteiger partial charge in [-0.05, 0) is 11.4 Å². The zero-order valence-electron chi connectivity index (χ0n) is 9.68. The fourth-order valence-corrected chi connectivity index (χ4v) is 2.76. The van der Waals surface area contributed by atoms with E-state index in [9.17, 15) is 0 Å². The zero-order valence-corrected chi connectivity index (χ0v) is 11.3. The molecule has 0 aliphatic rings. The fraction of sp³-hybridized carbons (Fsp3) is 0.0909. The van der Waals surface area contributed by atoms with Gasteiger partial charge in [-0.3, -0.25) is 0 Å². The first-order valence-corrected chi connectivity index (χ1v) is 7.25. The second kappa shape index (κ2) is 5.37. The number of rotatable bonds is 4. The first-order valence-electron chi connectivity index (χ1n) is 5.38. The van der Waals surface area contributed by atoms with E-state index in [0.29, 0.717) is 28.3 Å². The van der Waals surface area contributed by atoms with Gasteiger partial charge in [-0.15, -0.1) is 11.3 Å². The quantitative estimate of drug-likeness (QED) is 0.738. The fourth-order valence-electron chi connectivity index (χ4n) is 1.39. The molecule has 0 spiro atoms. The predicted octanol–water partition coefficient (Wildman–Crippen LogP) is 2.46. The highest BCUT2D eigenvalue weighted by Crippen LogP contribution is 2.26. The first-order chi connectivity index (χ1) is 9.33. The normalized spacial score (nSPS) is 10.7. The Morgan fingerprint density at radius 3 is 3.00 bits per heavy atom. The summed E-state index contributed by atoms with van der Waals surface area (Å²) in [5, 5.41) is 6.57. The van der Waals surface area contributed by atoms with E-state index >= 15 is 0 Å². The van der Waals surface area contributed by atoms with Crippen molar-refractivity contribution in [3.63, 3.8) is 0 Å². The maximum Gasteiger partial charge on any atom is 0.268 e. The van der Waals surface area contributed by atoms with Crippen molar-refractivity contribution in [3.8, 4) is 10.8 Å². The molecule has 3 aromatic heterocycles. The Bertz CT molecular complexity index is 667. The lowest BCUT2D eigenvalue weighted by atomic mass is 10.5. The summed E-state index contributed by atoms with van der Waals surface area (Å²) < 4.78 is 5.20. The molecule has 3 heterocycles. The Morgan fingerprint density at radius 2 is 2.21 bits per heavy atom. The maximum atomic E-state index is 5.71. The molecule has 0 saturated heterocycles. The van der Waals surface area contributed by atoms with Gasteiger partial charge in [0.15, 0.2) is 11.6 Å². The van der Waals surface area contributed by atoms with Gasteiger partial charge in [0.25, 0.3) is 5.89 Å². The Morgan fingerprint density at radius 1 is 1.32 bits per heavy atom. The third-order valence-corrected chi connectivity index (χ3v) is 4.08. The topological polar surface area (TPSA) is 90.7 Å². The van der Waals surface area contributed by atoms with Crippen molar-refractivity contribution in [3.05, 3.63) is 35.7 Å². The van der Waals surface area contributed by atoms with Gasteiger partial charge in [-0.1, -0.05) is 23.0 Å². The van der Waals surface area contributed by atoms with Crippen LogP contribution >= 0.6 is 23.1 Å². The molecule has 96 valence electrons. The molecule has 2 N–H and O–H groups in total. The molecule has 3 aromatic rings. The largest absolute Gasteiger partial charge is 0.381 e. The van der Waals surface area contributed by atoms with Crippen LogP contribution in [0, 0.1) is 0 Å². The van der Waals surface area contributed by atoms with Crippen molar-refractivity contribution in [2.75, 3.05) is 5.73 Å². The second-order valence-electron chi connectivity index (χ2n) is 3.53. The molecule has 0 aromatic carbocycles. The molecule has 0 radical (unpaired) electrons. The molecular weight excluding hydrogens is 282 g/mol. The third-order valence-electron chi connectivity index (χ3n) is 2.23. The summed E-state index contributed by atoms with van der Waals surface area (Å²) in [4.78, 5) is 13.4. The Labute approximate surface area is 117 Å². The highest BCUT2D eigenvalue weighted by Gasteiger charge is 2.11. The number of thioether (sulfide) groups is 1. The van der Waals surface area contributed by atoms with E-state index < -0.39 is 0 Å². The SMILES string of the molecule is Nc1nccnc1SCc1noc(-c2cccs2)n1. The van der Waals surface area contributed by atoms with Crippen LogP contribution < -0.4 is 5.73 Å². The molecule has 0 unspecified atom stereocenters. The molecule has 19 heavy (non-hydrogen) atoms. The standard InChI is InChI=1S/C11H9N5OS2/c12-9-11(14-4-3-13-9)19-6-8-15-10(17-16-8)7-2-1-5-18-7/h1-5H,6H2,(H2,12,13). The van der Waals surface area contributed by atoms with Gasteiger partial charge in [-0.25, -0.2) is 9.97 Å². The summed E-state index contributed by atoms with van der Waals surface area (Å²) >= 11 is 2.99. The van der Waals surface area contributed by atoms with Gasteiger partial charge < -0.3 is 10.3 Å². The van der Waals surface area contributed by atoms with Crippen molar-refractivity contribution in [1.29, 1.82) is 0 Å². The van der Waals surface area contributed by atoms with Crippen molar-refractivity contribution >= 4 is 28.9 Å². The van der Waals surface area contributed by atoms with Gasteiger partial charge in [0.05, 0.1) is 10.6 Å². The van der Waals surface area contributed by atoms with Gasteiger partial charge in [0.1, 0.15) is 5.03 Å². The van der Waals surface area contributed by atoms with Crippen molar-refractivity contribution < 1.29 is 4.52 Å². The van der Waals surface area contributed by atoms with Crippen molar-refractivity contribution in [2.45, 2.75) is 10.8 Å². The summed E-state index contributed by atoms with van der Waals surface area (Å²) in [5.41, 5.74) is 5.71. The molecule has 0 atom stereocenters. The van der Waals surface area contributed by atoms with Crippen LogP contribution in [-0.2, 0) is 5.75 Å². The highest BCUT2D eigenvalue weighted by atomic mass is 32.2. The van der Waals surface area contributed by atoms with Crippen molar-refractivity contribution in [1.82, 2.24) is 20.1 Å². The van der Waals surface area contributed by atoms with Crippen LogP contribution in [-0.4, -0.2) is 20.1 Å². The van der Waals surface area contributed by atoms with E-state index in [2.05, 4.69) is 20.1 Å². The zero-order chi connectivity index (χ0) is 13.1. The predicted molar refractivity (Wildman–Crippen MR) is 73.6 cm³/mol. The van der Waals surface area contributed by atoms with Gasteiger partial charge in [0, 0.05) is 12.4 Å². The molecule has 0 aliphatic heterocycles. The maximum absolute atomic E-state index is 5.71. The summed E-state index contributed by atoms with van der Waals surface area (Å²) in [6.45, 7) is 0. The Hall–Kier alpha value is -1.93. The van der Waals surface area contributed by atoms with E-state index in [1.165, 1.54) is 11.8 Å². The van der Waals surface area contributed by atoms with Crippen LogP contribution in [0.15, 0.2) is 39.5 Å². The second-order valence-corrected chi connectivity index (χ2v) is 5.44. The molecular formula is C11H9N5OS2. The van der Waals surface area contributed by atoms with Crippen LogP contribution in [0.25, 0.3) is 10.8 Å². The lowest BCUT2D eigenvalue weighted by Gasteiger charge is -1.99. The molecule has 8 heteroatoms. The van der Waals surface area contributed by atoms with E-state index in [-0.39, 0.29) is 0 Å². The van der Waals surface area contributed by atoms with E-state index in [1.807, 2.05) is 17.5 Å². The van der Waals surface area contributed by atoms with Crippen molar-refractivity contribution in [2.24, 2.45) is 0 Å². The van der Waals surface area contributed by atoms with Crippen LogP contribution in [0.4, 0.5) is 5.82 Å². The lowest BCUT2D eigenvalue weighted by molar-refractivity contribution is 0.426. The highest BCUT2D eigenvalue weighted by molar-refractivity contribution is 7.98. The Kier molecular flexibility index (Phi) is 3.43. The Balaban J connectivity index is 1.70. The van der Waals surface area contributed by atoms with E-state index in [0.717, 1.165) is 4.88 Å². The summed E-state index contributed by atoms with van der Waals surface area (Å²) in [6, 6.07) is 3.88. The summed E-state index contributed by atoms with van der Waals surface area (Å²) in [7, 11) is 0. The number of anilines is 1. The minimum Gasteiger partial charge on any atom is -0.381 e. The summed E-state index contributed by atoms with van der Waals surface area (Å²) in [5.74, 6) is 2.10. The van der Waals surface area contributed by atoms with Crippen LogP contribution in [0.2, 0.25) is 0 Å². The minimum atomic E-state index is 0.412. The number of hydrogen-bond acceptors (Lipinski definition) is 8. The first kappa shape index (κ1) is 12.1. The lowest BCUT2D eigenvalue weighted by Crippen LogP contribution is -1.95. The molecule has 0 amide bonds. The number of nitrogens with two attached hydrogens (primary N) is 1. The third kappa shape index (κ3) is 2.74. The number of nitrogen functional groups attached to an aromatic ring is 1. The molecule has 0 aliphatic carbocycles. The number of hydrogen-bond donors (Lipinski definition) is 1. The van der Waals surface area contributed by atoms with E-state index in [1.54, 1.807) is 23.7 Å². The smallest absolute Gasteiger partial charge is 0.268 e. The molecule has 0 saturated carbocycles. The molecule has 3 rings (SSSR count). The number of thiophene rings is 1. The minimum absolute atomic E-state index is 0.412. The molecule has 6 nitrogen and oxygen atoms in total. The molecule has 0 fully saturated rings. The molecule has 0 bridgehead atoms. The van der Waals surface area contributed by atoms with Crippen LogP contribution in [0.1, 0.15) is 5.82 Å². The average molecular weight is 291 g/mol. The van der Waals surface area contributed by atoms with Gasteiger partial charge in [0.2, 0.25) is 0 Å². The van der Waals surface area contributed by atoms with Gasteiger partial charge in [-0.2, -0.15) is 4.98 Å². The summed E-state index contributed by atoms with van der Waals surface area (Å²) in [6.07, 6.45) is 3.16. The number of nitrogens with zero attached hydrogens (tertiary/aromatic N) is 4. The van der Waals surface area contributed by atoms with Gasteiger partial charge >= 0.3 is 0 Å². The van der Waals surface area contributed by atoms with Crippen LogP contribution in [0.5, 0.6) is 0 Å². The number of aromatic nitrogens is 4. The van der Waals surface area contributed by atoms with E-state index in [4.69, 9.17) is 10.3 Å². The average Bonchev–Trinajstić information content (AvgIpc) is 3.09. The van der Waals surface area contributed by atoms with Crippen LogP contribution in [0.3, 0.4) is 0 Å².